The molecule has 0 aliphatic heterocycles. The van der Waals surface area contributed by atoms with Crippen LogP contribution in [0.3, 0.4) is 0 Å². The maximum atomic E-state index is 11.7. The number of aliphatic hydroxyl groups is 3. The molecule has 0 spiro atoms. The Bertz CT molecular complexity index is 400. The Morgan fingerprint density at radius 3 is 2.30 bits per heavy atom. The summed E-state index contributed by atoms with van der Waals surface area (Å²) in [7, 11) is 1.27. The molecule has 0 saturated heterocycles. The average Bonchev–Trinajstić information content (AvgIpc) is 2.55. The van der Waals surface area contributed by atoms with Crippen LogP contribution in [0.25, 0.3) is 0 Å². The Morgan fingerprint density at radius 1 is 1.17 bits per heavy atom. The first-order valence-electron chi connectivity index (χ1n) is 7.15. The van der Waals surface area contributed by atoms with Gasteiger partial charge in [-0.05, 0) is 12.8 Å². The number of aliphatic hydroxyl groups excluding tert-OH is 3. The lowest BCUT2D eigenvalue weighted by molar-refractivity contribution is -0.142. The zero-order valence-corrected chi connectivity index (χ0v) is 12.9. The molecule has 132 valence electrons. The molecule has 4 N–H and O–H groups in total. The van der Waals surface area contributed by atoms with Gasteiger partial charge >= 0.3 is 5.97 Å². The molecule has 0 rings (SSSR count). The SMILES string of the molecule is COC(=O)CCCCNC(=O)C(O)C(C=O)C(O)C(C=O)CO. The minimum atomic E-state index is -1.85. The fourth-order valence-corrected chi connectivity index (χ4v) is 1.85. The number of unbranched alkanes of at least 4 members (excludes halogenated alkanes) is 1. The summed E-state index contributed by atoms with van der Waals surface area (Å²) in [6.07, 6.45) is -1.98. The highest BCUT2D eigenvalue weighted by atomic mass is 16.5. The molecule has 0 aromatic heterocycles. The number of amides is 1. The molecule has 9 nitrogen and oxygen atoms in total. The number of aldehydes is 2. The third-order valence-corrected chi connectivity index (χ3v) is 3.34. The summed E-state index contributed by atoms with van der Waals surface area (Å²) in [6, 6.07) is 0. The van der Waals surface area contributed by atoms with Crippen LogP contribution in [0, 0.1) is 11.8 Å². The highest BCUT2D eigenvalue weighted by Crippen LogP contribution is 2.14. The van der Waals surface area contributed by atoms with Crippen molar-refractivity contribution in [3.8, 4) is 0 Å². The minimum absolute atomic E-state index is 0.158. The number of hydrogen-bond acceptors (Lipinski definition) is 8. The number of nitrogens with one attached hydrogen (secondary N) is 1. The summed E-state index contributed by atoms with van der Waals surface area (Å²) >= 11 is 0. The van der Waals surface area contributed by atoms with Gasteiger partial charge in [-0.1, -0.05) is 0 Å². The van der Waals surface area contributed by atoms with Gasteiger partial charge in [-0.25, -0.2) is 0 Å². The molecular weight excluding hydrogens is 310 g/mol. The van der Waals surface area contributed by atoms with Gasteiger partial charge in [-0.3, -0.25) is 9.59 Å². The van der Waals surface area contributed by atoms with Gasteiger partial charge in [0.05, 0.1) is 31.7 Å². The predicted octanol–water partition coefficient (Wildman–Crippen LogP) is -2.21. The van der Waals surface area contributed by atoms with Crippen LogP contribution in [0.5, 0.6) is 0 Å². The molecule has 1 amide bonds. The molecule has 0 aliphatic carbocycles. The Balaban J connectivity index is 4.36. The Hall–Kier alpha value is -1.84. The Morgan fingerprint density at radius 2 is 1.83 bits per heavy atom. The zero-order chi connectivity index (χ0) is 17.8. The van der Waals surface area contributed by atoms with Crippen molar-refractivity contribution in [2.75, 3.05) is 20.3 Å². The number of esters is 1. The lowest BCUT2D eigenvalue weighted by atomic mass is 9.88. The summed E-state index contributed by atoms with van der Waals surface area (Å²) in [5.74, 6) is -4.06. The van der Waals surface area contributed by atoms with Crippen molar-refractivity contribution < 1.29 is 39.2 Å². The van der Waals surface area contributed by atoms with Crippen LogP contribution in [-0.4, -0.2) is 72.2 Å². The molecule has 0 aromatic carbocycles. The Labute approximate surface area is 133 Å². The lowest BCUT2D eigenvalue weighted by Crippen LogP contribution is -2.47. The highest BCUT2D eigenvalue weighted by molar-refractivity contribution is 5.84. The monoisotopic (exact) mass is 333 g/mol. The molecule has 0 radical (unpaired) electrons. The van der Waals surface area contributed by atoms with Crippen molar-refractivity contribution in [1.29, 1.82) is 0 Å². The molecule has 9 heteroatoms. The second kappa shape index (κ2) is 11.7. The molecule has 0 aliphatic rings. The van der Waals surface area contributed by atoms with E-state index in [2.05, 4.69) is 10.1 Å². The normalized spacial score (nSPS) is 15.8. The maximum Gasteiger partial charge on any atom is 0.305 e. The van der Waals surface area contributed by atoms with E-state index >= 15 is 0 Å². The largest absolute Gasteiger partial charge is 0.469 e. The molecule has 0 saturated carbocycles. The molecule has 0 fully saturated rings. The quantitative estimate of drug-likeness (QED) is 0.178. The van der Waals surface area contributed by atoms with Crippen molar-refractivity contribution in [2.24, 2.45) is 11.8 Å². The molecule has 23 heavy (non-hydrogen) atoms. The van der Waals surface area contributed by atoms with E-state index in [0.717, 1.165) is 0 Å². The van der Waals surface area contributed by atoms with Gasteiger partial charge in [-0.2, -0.15) is 0 Å². The zero-order valence-electron chi connectivity index (χ0n) is 12.9. The smallest absolute Gasteiger partial charge is 0.305 e. The van der Waals surface area contributed by atoms with Gasteiger partial charge in [0, 0.05) is 13.0 Å². The number of methoxy groups -OCH3 is 1. The van der Waals surface area contributed by atoms with E-state index in [1.807, 2.05) is 0 Å². The van der Waals surface area contributed by atoms with E-state index in [4.69, 9.17) is 5.11 Å². The van der Waals surface area contributed by atoms with Crippen molar-refractivity contribution in [2.45, 2.75) is 31.5 Å². The van der Waals surface area contributed by atoms with Crippen molar-refractivity contribution in [3.63, 3.8) is 0 Å². The van der Waals surface area contributed by atoms with Crippen LogP contribution in [-0.2, 0) is 23.9 Å². The first kappa shape index (κ1) is 21.2. The first-order valence-corrected chi connectivity index (χ1v) is 7.15. The second-order valence-corrected chi connectivity index (χ2v) is 4.96. The van der Waals surface area contributed by atoms with Crippen molar-refractivity contribution in [1.82, 2.24) is 5.32 Å². The third kappa shape index (κ3) is 7.31. The molecular formula is C14H23NO8. The predicted molar refractivity (Wildman–Crippen MR) is 77.1 cm³/mol. The fraction of sp³-hybridized carbons (Fsp3) is 0.714. The second-order valence-electron chi connectivity index (χ2n) is 4.96. The molecule has 0 aromatic rings. The van der Waals surface area contributed by atoms with Crippen LogP contribution >= 0.6 is 0 Å². The number of ether oxygens (including phenoxy) is 1. The van der Waals surface area contributed by atoms with Crippen LogP contribution in [0.4, 0.5) is 0 Å². The van der Waals surface area contributed by atoms with E-state index < -0.39 is 36.6 Å². The van der Waals surface area contributed by atoms with Gasteiger partial charge in [0.15, 0.2) is 0 Å². The molecule has 4 unspecified atom stereocenters. The van der Waals surface area contributed by atoms with Gasteiger partial charge in [0.2, 0.25) is 5.91 Å². The average molecular weight is 333 g/mol. The summed E-state index contributed by atoms with van der Waals surface area (Å²) in [5, 5.41) is 30.8. The van der Waals surface area contributed by atoms with Crippen LogP contribution in [0.15, 0.2) is 0 Å². The summed E-state index contributed by atoms with van der Waals surface area (Å²) < 4.78 is 4.45. The van der Waals surface area contributed by atoms with Crippen LogP contribution in [0.2, 0.25) is 0 Å². The van der Waals surface area contributed by atoms with E-state index in [1.54, 1.807) is 0 Å². The number of hydrogen-bond donors (Lipinski definition) is 4. The van der Waals surface area contributed by atoms with Crippen LogP contribution < -0.4 is 5.32 Å². The summed E-state index contributed by atoms with van der Waals surface area (Å²) in [5.41, 5.74) is 0. The molecule has 4 atom stereocenters. The maximum absolute atomic E-state index is 11.7. The van der Waals surface area contributed by atoms with Gasteiger partial charge < -0.3 is 35.0 Å². The van der Waals surface area contributed by atoms with Crippen molar-refractivity contribution >= 4 is 24.4 Å². The number of carbonyl (C=O) groups excluding carboxylic acids is 4. The summed E-state index contributed by atoms with van der Waals surface area (Å²) in [4.78, 5) is 44.2. The van der Waals surface area contributed by atoms with Crippen molar-refractivity contribution in [3.05, 3.63) is 0 Å². The topological polar surface area (TPSA) is 150 Å². The van der Waals surface area contributed by atoms with Gasteiger partial charge in [0.25, 0.3) is 0 Å². The highest BCUT2D eigenvalue weighted by Gasteiger charge is 2.35. The molecule has 0 heterocycles. The van der Waals surface area contributed by atoms with Gasteiger partial charge in [0.1, 0.15) is 18.7 Å². The van der Waals surface area contributed by atoms with Crippen LogP contribution in [0.1, 0.15) is 19.3 Å². The fourth-order valence-electron chi connectivity index (χ4n) is 1.85. The number of rotatable bonds is 12. The van der Waals surface area contributed by atoms with E-state index in [-0.39, 0.29) is 31.5 Å². The van der Waals surface area contributed by atoms with E-state index in [1.165, 1.54) is 7.11 Å². The standard InChI is InChI=1S/C14H23NO8/c1-23-11(19)4-2-3-5-15-14(22)13(21)10(8-18)12(20)9(6-16)7-17/h6,8-10,12-13,17,20-21H,2-5,7H2,1H3,(H,15,22). The first-order chi connectivity index (χ1) is 10.9. The van der Waals surface area contributed by atoms with E-state index in [0.29, 0.717) is 12.8 Å². The molecule has 0 bridgehead atoms. The third-order valence-electron chi connectivity index (χ3n) is 3.34. The van der Waals surface area contributed by atoms with Gasteiger partial charge in [-0.15, -0.1) is 0 Å². The van der Waals surface area contributed by atoms with E-state index in [9.17, 15) is 29.4 Å². The minimum Gasteiger partial charge on any atom is -0.469 e. The summed E-state index contributed by atoms with van der Waals surface area (Å²) in [6.45, 7) is -0.553. The Kier molecular flexibility index (Phi) is 10.8. The number of carbonyl (C=O) groups is 4. The lowest BCUT2D eigenvalue weighted by Gasteiger charge is -2.25.